The normalized spacial score (nSPS) is 13.3. The summed E-state index contributed by atoms with van der Waals surface area (Å²) in [5.41, 5.74) is 4.95. The highest BCUT2D eigenvalue weighted by Gasteiger charge is 2.23. The molecule has 2 atom stereocenters. The fraction of sp³-hybridized carbons (Fsp3) is 0.769. The zero-order valence-corrected chi connectivity index (χ0v) is 12.1. The van der Waals surface area contributed by atoms with E-state index in [1.165, 1.54) is 0 Å². The Labute approximate surface area is 119 Å². The highest BCUT2D eigenvalue weighted by molar-refractivity contribution is 5.87. The van der Waals surface area contributed by atoms with Gasteiger partial charge in [-0.3, -0.25) is 4.79 Å². The minimum Gasteiger partial charge on any atom is -0.480 e. The Bertz CT molecular complexity index is 334. The third kappa shape index (κ3) is 8.34. The van der Waals surface area contributed by atoms with Crippen LogP contribution in [0.5, 0.6) is 0 Å². The van der Waals surface area contributed by atoms with Gasteiger partial charge in [0.15, 0.2) is 0 Å². The molecule has 3 amide bonds. The molecule has 0 heterocycles. The van der Waals surface area contributed by atoms with Crippen LogP contribution in [0.2, 0.25) is 0 Å². The highest BCUT2D eigenvalue weighted by atomic mass is 16.4. The van der Waals surface area contributed by atoms with Gasteiger partial charge in [0.05, 0.1) is 6.42 Å². The second-order valence-corrected chi connectivity index (χ2v) is 4.81. The SMILES string of the molecule is CCCCC(CCC)NC(=O)N[C@H](CC(N)=O)C(=O)O. The highest BCUT2D eigenvalue weighted by Crippen LogP contribution is 2.06. The summed E-state index contributed by atoms with van der Waals surface area (Å²) in [6.07, 6.45) is 4.22. The fourth-order valence-corrected chi connectivity index (χ4v) is 1.87. The van der Waals surface area contributed by atoms with Crippen molar-refractivity contribution in [3.8, 4) is 0 Å². The summed E-state index contributed by atoms with van der Waals surface area (Å²) in [6, 6.07) is -1.85. The van der Waals surface area contributed by atoms with E-state index in [-0.39, 0.29) is 6.04 Å². The number of hydrogen-bond acceptors (Lipinski definition) is 3. The van der Waals surface area contributed by atoms with Crippen LogP contribution in [0.3, 0.4) is 0 Å². The summed E-state index contributed by atoms with van der Waals surface area (Å²) >= 11 is 0. The number of carboxylic acid groups (broad SMARTS) is 1. The van der Waals surface area contributed by atoms with Crippen LogP contribution in [0.4, 0.5) is 4.79 Å². The topological polar surface area (TPSA) is 122 Å². The molecule has 0 aliphatic heterocycles. The molecule has 1 unspecified atom stereocenters. The van der Waals surface area contributed by atoms with Gasteiger partial charge in [-0.1, -0.05) is 33.1 Å². The van der Waals surface area contributed by atoms with E-state index < -0.39 is 30.4 Å². The standard InChI is InChI=1S/C13H25N3O4/c1-3-5-7-9(6-4-2)15-13(20)16-10(12(18)19)8-11(14)17/h9-10H,3-8H2,1-2H3,(H2,14,17)(H,18,19)(H2,15,16,20)/t9?,10-/m1/s1. The molecular weight excluding hydrogens is 262 g/mol. The first-order chi connectivity index (χ1) is 9.40. The number of primary amides is 1. The van der Waals surface area contributed by atoms with Crippen molar-refractivity contribution in [2.45, 2.75) is 64.5 Å². The van der Waals surface area contributed by atoms with Crippen molar-refractivity contribution >= 4 is 17.9 Å². The van der Waals surface area contributed by atoms with E-state index in [0.717, 1.165) is 32.1 Å². The van der Waals surface area contributed by atoms with Gasteiger partial charge in [-0.25, -0.2) is 9.59 Å². The summed E-state index contributed by atoms with van der Waals surface area (Å²) in [5, 5.41) is 13.9. The van der Waals surface area contributed by atoms with Gasteiger partial charge >= 0.3 is 12.0 Å². The predicted molar refractivity (Wildman–Crippen MR) is 75.1 cm³/mol. The van der Waals surface area contributed by atoms with Crippen LogP contribution in [0, 0.1) is 0 Å². The Morgan fingerprint density at radius 3 is 2.20 bits per heavy atom. The van der Waals surface area contributed by atoms with Crippen molar-refractivity contribution in [3.63, 3.8) is 0 Å². The van der Waals surface area contributed by atoms with Gasteiger partial charge in [-0.15, -0.1) is 0 Å². The van der Waals surface area contributed by atoms with Gasteiger partial charge in [-0.05, 0) is 12.8 Å². The van der Waals surface area contributed by atoms with E-state index in [1.807, 2.05) is 6.92 Å². The van der Waals surface area contributed by atoms with E-state index in [4.69, 9.17) is 10.8 Å². The van der Waals surface area contributed by atoms with Crippen molar-refractivity contribution in [1.82, 2.24) is 10.6 Å². The Balaban J connectivity index is 4.39. The molecule has 0 bridgehead atoms. The van der Waals surface area contributed by atoms with Crippen LogP contribution in [-0.2, 0) is 9.59 Å². The van der Waals surface area contributed by atoms with Gasteiger partial charge in [0.25, 0.3) is 0 Å². The van der Waals surface area contributed by atoms with E-state index in [0.29, 0.717) is 0 Å². The smallest absolute Gasteiger partial charge is 0.326 e. The number of amides is 3. The summed E-state index contributed by atoms with van der Waals surface area (Å²) in [4.78, 5) is 33.4. The van der Waals surface area contributed by atoms with Gasteiger partial charge in [0.2, 0.25) is 5.91 Å². The molecule has 0 aliphatic carbocycles. The molecule has 7 heteroatoms. The molecule has 7 nitrogen and oxygen atoms in total. The molecule has 0 spiro atoms. The third-order valence-electron chi connectivity index (χ3n) is 2.89. The molecule has 0 radical (unpaired) electrons. The monoisotopic (exact) mass is 287 g/mol. The molecule has 0 aromatic rings. The molecule has 0 aromatic carbocycles. The Kier molecular flexibility index (Phi) is 9.15. The largest absolute Gasteiger partial charge is 0.480 e. The summed E-state index contributed by atoms with van der Waals surface area (Å²) < 4.78 is 0. The second-order valence-electron chi connectivity index (χ2n) is 4.81. The summed E-state index contributed by atoms with van der Waals surface area (Å²) in [7, 11) is 0. The average Bonchev–Trinajstić information content (AvgIpc) is 2.34. The maximum Gasteiger partial charge on any atom is 0.326 e. The molecule has 0 aromatic heterocycles. The number of aliphatic carboxylic acids is 1. The molecular formula is C13H25N3O4. The number of nitrogens with two attached hydrogens (primary N) is 1. The second kappa shape index (κ2) is 10.1. The van der Waals surface area contributed by atoms with Crippen molar-refractivity contribution < 1.29 is 19.5 Å². The number of unbranched alkanes of at least 4 members (excludes halogenated alkanes) is 1. The van der Waals surface area contributed by atoms with Gasteiger partial charge in [0.1, 0.15) is 6.04 Å². The Morgan fingerprint density at radius 2 is 1.75 bits per heavy atom. The Hall–Kier alpha value is -1.79. The lowest BCUT2D eigenvalue weighted by atomic mass is 10.1. The number of rotatable bonds is 10. The minimum atomic E-state index is -1.29. The van der Waals surface area contributed by atoms with Crippen LogP contribution in [-0.4, -0.2) is 35.1 Å². The molecule has 0 fully saturated rings. The number of hydrogen-bond donors (Lipinski definition) is 4. The van der Waals surface area contributed by atoms with Gasteiger partial charge in [-0.2, -0.15) is 0 Å². The van der Waals surface area contributed by atoms with Gasteiger partial charge in [0, 0.05) is 6.04 Å². The number of carboxylic acids is 1. The zero-order chi connectivity index (χ0) is 15.5. The lowest BCUT2D eigenvalue weighted by Crippen LogP contribution is -2.50. The quantitative estimate of drug-likeness (QED) is 0.478. The maximum absolute atomic E-state index is 11.8. The van der Waals surface area contributed by atoms with E-state index >= 15 is 0 Å². The van der Waals surface area contributed by atoms with Crippen molar-refractivity contribution in [2.24, 2.45) is 5.73 Å². The lowest BCUT2D eigenvalue weighted by Gasteiger charge is -2.20. The van der Waals surface area contributed by atoms with E-state index in [2.05, 4.69) is 17.6 Å². The molecule has 5 N–H and O–H groups in total. The molecule has 0 saturated carbocycles. The zero-order valence-electron chi connectivity index (χ0n) is 12.1. The summed E-state index contributed by atoms with van der Waals surface area (Å²) in [5.74, 6) is -2.05. The fourth-order valence-electron chi connectivity index (χ4n) is 1.87. The molecule has 0 rings (SSSR count). The first-order valence-corrected chi connectivity index (χ1v) is 6.98. The first-order valence-electron chi connectivity index (χ1n) is 6.98. The summed E-state index contributed by atoms with van der Waals surface area (Å²) in [6.45, 7) is 4.09. The van der Waals surface area contributed by atoms with Crippen LogP contribution in [0.15, 0.2) is 0 Å². The van der Waals surface area contributed by atoms with Crippen LogP contribution >= 0.6 is 0 Å². The molecule has 20 heavy (non-hydrogen) atoms. The number of urea groups is 1. The maximum atomic E-state index is 11.8. The van der Waals surface area contributed by atoms with Crippen molar-refractivity contribution in [1.29, 1.82) is 0 Å². The minimum absolute atomic E-state index is 0.0166. The Morgan fingerprint density at radius 1 is 1.10 bits per heavy atom. The van der Waals surface area contributed by atoms with Crippen molar-refractivity contribution in [2.75, 3.05) is 0 Å². The van der Waals surface area contributed by atoms with Crippen LogP contribution < -0.4 is 16.4 Å². The molecule has 0 saturated heterocycles. The first kappa shape index (κ1) is 18.2. The number of carbonyl (C=O) groups excluding carboxylic acids is 2. The van der Waals surface area contributed by atoms with E-state index in [1.54, 1.807) is 0 Å². The number of carbonyl (C=O) groups is 3. The van der Waals surface area contributed by atoms with Crippen molar-refractivity contribution in [3.05, 3.63) is 0 Å². The van der Waals surface area contributed by atoms with E-state index in [9.17, 15) is 14.4 Å². The third-order valence-corrected chi connectivity index (χ3v) is 2.89. The predicted octanol–water partition coefficient (Wildman–Crippen LogP) is 0.973. The lowest BCUT2D eigenvalue weighted by molar-refractivity contribution is -0.140. The van der Waals surface area contributed by atoms with Crippen LogP contribution in [0.25, 0.3) is 0 Å². The molecule has 116 valence electrons. The van der Waals surface area contributed by atoms with Gasteiger partial charge < -0.3 is 21.5 Å². The van der Waals surface area contributed by atoms with Crippen LogP contribution in [0.1, 0.15) is 52.4 Å². The average molecular weight is 287 g/mol. The molecule has 0 aliphatic rings. The number of nitrogens with one attached hydrogen (secondary N) is 2.